The zero-order chi connectivity index (χ0) is 20.2. The number of aliphatic imine (C=N–C) groups is 1. The van der Waals surface area contributed by atoms with Gasteiger partial charge in [-0.3, -0.25) is 9.59 Å². The monoisotopic (exact) mass is 383 g/mol. The van der Waals surface area contributed by atoms with Gasteiger partial charge in [0.25, 0.3) is 0 Å². The molecule has 0 fully saturated rings. The molecule has 1 heterocycles. The number of alkyl halides is 3. The Morgan fingerprint density at radius 1 is 1.22 bits per heavy atom. The number of benzene rings is 1. The number of rotatable bonds is 6. The van der Waals surface area contributed by atoms with Crippen LogP contribution in [0.3, 0.4) is 0 Å². The summed E-state index contributed by atoms with van der Waals surface area (Å²) in [6, 6.07) is 2.85. The van der Waals surface area contributed by atoms with Gasteiger partial charge in [-0.2, -0.15) is 13.2 Å². The molecule has 0 saturated heterocycles. The van der Waals surface area contributed by atoms with E-state index in [1.54, 1.807) is 0 Å². The highest BCUT2D eigenvalue weighted by Crippen LogP contribution is 2.33. The van der Waals surface area contributed by atoms with E-state index >= 15 is 0 Å². The van der Waals surface area contributed by atoms with Gasteiger partial charge in [0, 0.05) is 13.8 Å². The van der Waals surface area contributed by atoms with Crippen LogP contribution in [0.15, 0.2) is 29.3 Å². The lowest BCUT2D eigenvalue weighted by Gasteiger charge is -2.17. The molecule has 0 bridgehead atoms. The first kappa shape index (κ1) is 20.8. The summed E-state index contributed by atoms with van der Waals surface area (Å²) in [5.74, 6) is -0.957. The van der Waals surface area contributed by atoms with Crippen LogP contribution in [-0.4, -0.2) is 44.4 Å². The van der Waals surface area contributed by atoms with E-state index in [0.29, 0.717) is 5.56 Å². The largest absolute Gasteiger partial charge is 0.485 e. The first-order chi connectivity index (χ1) is 12.6. The van der Waals surface area contributed by atoms with Crippen molar-refractivity contribution in [2.75, 3.05) is 6.61 Å². The summed E-state index contributed by atoms with van der Waals surface area (Å²) in [6.45, 7) is 2.23. The molecule has 0 spiro atoms. The van der Waals surface area contributed by atoms with Gasteiger partial charge in [-0.15, -0.1) is 0 Å². The normalized spacial score (nSPS) is 20.4. The minimum atomic E-state index is -4.44. The number of carbonyl (C=O) groups excluding carboxylic acids is 2. The number of nitrogens with zero attached hydrogens (tertiary/aromatic N) is 1. The summed E-state index contributed by atoms with van der Waals surface area (Å²) in [6.07, 6.45) is -5.24. The zero-order valence-corrected chi connectivity index (χ0v) is 14.7. The van der Waals surface area contributed by atoms with E-state index in [1.165, 1.54) is 26.0 Å². The van der Waals surface area contributed by atoms with E-state index in [-0.39, 0.29) is 18.9 Å². The first-order valence-electron chi connectivity index (χ1n) is 8.03. The molecule has 0 N–H and O–H groups in total. The molecule has 27 heavy (non-hydrogen) atoms. The van der Waals surface area contributed by atoms with E-state index in [9.17, 15) is 22.8 Å². The van der Waals surface area contributed by atoms with E-state index in [1.807, 2.05) is 0 Å². The van der Waals surface area contributed by atoms with E-state index < -0.39 is 41.8 Å². The third-order valence-corrected chi connectivity index (χ3v) is 3.65. The first-order valence-corrected chi connectivity index (χ1v) is 8.03. The lowest BCUT2D eigenvalue weighted by molar-refractivity contribution is -0.155. The zero-order valence-electron chi connectivity index (χ0n) is 14.7. The smallest absolute Gasteiger partial charge is 0.416 e. The Labute approximate surface area is 155 Å². The van der Waals surface area contributed by atoms with Crippen LogP contribution in [-0.2, 0) is 30.0 Å². The van der Waals surface area contributed by atoms with Crippen LogP contribution < -0.4 is 0 Å². The van der Waals surface area contributed by atoms with Gasteiger partial charge in [0.2, 0.25) is 0 Å². The second-order valence-electron chi connectivity index (χ2n) is 5.91. The summed E-state index contributed by atoms with van der Waals surface area (Å²) < 4.78 is 53.3. The molecule has 0 aromatic heterocycles. The SMILES string of the molecule is [B]C1OC(CC(COC(C)=O)OC(C)=O)=NC1c1ccc(C(F)(F)F)cc1. The van der Waals surface area contributed by atoms with Gasteiger partial charge in [-0.25, -0.2) is 4.99 Å². The van der Waals surface area contributed by atoms with Crippen molar-refractivity contribution in [2.45, 2.75) is 44.6 Å². The summed E-state index contributed by atoms with van der Waals surface area (Å²) >= 11 is 0. The van der Waals surface area contributed by atoms with E-state index in [0.717, 1.165) is 12.1 Å². The third-order valence-electron chi connectivity index (χ3n) is 3.65. The van der Waals surface area contributed by atoms with Crippen LogP contribution in [0.2, 0.25) is 0 Å². The van der Waals surface area contributed by atoms with Gasteiger partial charge in [0.1, 0.15) is 26.6 Å². The Morgan fingerprint density at radius 3 is 2.37 bits per heavy atom. The number of ether oxygens (including phenoxy) is 3. The molecule has 0 saturated carbocycles. The number of hydrogen-bond acceptors (Lipinski definition) is 6. The van der Waals surface area contributed by atoms with E-state index in [2.05, 4.69) is 4.99 Å². The molecule has 1 aliphatic heterocycles. The predicted molar refractivity (Wildman–Crippen MR) is 89.1 cm³/mol. The van der Waals surface area contributed by atoms with Gasteiger partial charge in [0.15, 0.2) is 5.90 Å². The molecule has 0 aliphatic carbocycles. The standard InChI is InChI=1S/C17H17BF3NO5/c1-9(23)25-8-13(26-10(2)24)7-14-22-15(16(18)27-14)11-3-5-12(6-4-11)17(19,20)21/h3-6,13,15-16H,7-8H2,1-2H3. The number of halogens is 3. The average molecular weight is 383 g/mol. The molecular formula is C17H17BF3NO5. The molecular weight excluding hydrogens is 366 g/mol. The molecule has 1 aliphatic rings. The summed E-state index contributed by atoms with van der Waals surface area (Å²) in [7, 11) is 5.87. The Balaban J connectivity index is 2.10. The van der Waals surface area contributed by atoms with Gasteiger partial charge in [0.05, 0.1) is 18.0 Å². The maximum absolute atomic E-state index is 12.7. The van der Waals surface area contributed by atoms with Gasteiger partial charge >= 0.3 is 18.1 Å². The second kappa shape index (κ2) is 8.45. The Hall–Kier alpha value is -2.52. The van der Waals surface area contributed by atoms with E-state index in [4.69, 9.17) is 22.1 Å². The fraction of sp³-hybridized carbons (Fsp3) is 0.471. The minimum Gasteiger partial charge on any atom is -0.485 e. The van der Waals surface area contributed by atoms with Crippen molar-refractivity contribution in [1.82, 2.24) is 0 Å². The van der Waals surface area contributed by atoms with Crippen molar-refractivity contribution in [3.63, 3.8) is 0 Å². The molecule has 6 nitrogen and oxygen atoms in total. The van der Waals surface area contributed by atoms with Crippen LogP contribution in [0.1, 0.15) is 37.4 Å². The van der Waals surface area contributed by atoms with Crippen molar-refractivity contribution in [2.24, 2.45) is 4.99 Å². The Kier molecular flexibility index (Phi) is 6.51. The highest BCUT2D eigenvalue weighted by molar-refractivity contribution is 6.13. The van der Waals surface area contributed by atoms with Crippen molar-refractivity contribution in [1.29, 1.82) is 0 Å². The molecule has 0 amide bonds. The van der Waals surface area contributed by atoms with Crippen LogP contribution in [0.25, 0.3) is 0 Å². The molecule has 2 rings (SSSR count). The maximum atomic E-state index is 12.7. The van der Waals surface area contributed by atoms with Crippen molar-refractivity contribution in [3.05, 3.63) is 35.4 Å². The topological polar surface area (TPSA) is 74.2 Å². The summed E-state index contributed by atoms with van der Waals surface area (Å²) in [5, 5.41) is 0. The molecule has 10 heteroatoms. The van der Waals surface area contributed by atoms with Crippen LogP contribution >= 0.6 is 0 Å². The quantitative estimate of drug-likeness (QED) is 0.558. The summed E-state index contributed by atoms with van der Waals surface area (Å²) in [5.41, 5.74) is -0.325. The molecule has 144 valence electrons. The predicted octanol–water partition coefficient (Wildman–Crippen LogP) is 2.55. The van der Waals surface area contributed by atoms with Crippen molar-refractivity contribution in [3.8, 4) is 0 Å². The molecule has 3 atom stereocenters. The van der Waals surface area contributed by atoms with Gasteiger partial charge in [-0.1, -0.05) is 12.1 Å². The average Bonchev–Trinajstić information content (AvgIpc) is 2.92. The van der Waals surface area contributed by atoms with Crippen LogP contribution in [0, 0.1) is 0 Å². The lowest BCUT2D eigenvalue weighted by Crippen LogP contribution is -2.27. The Bertz CT molecular complexity index is 720. The molecule has 3 unspecified atom stereocenters. The highest BCUT2D eigenvalue weighted by atomic mass is 19.4. The molecule has 1 aromatic carbocycles. The lowest BCUT2D eigenvalue weighted by atomic mass is 9.88. The fourth-order valence-corrected chi connectivity index (χ4v) is 2.49. The molecule has 1 aromatic rings. The van der Waals surface area contributed by atoms with Crippen LogP contribution in [0.5, 0.6) is 0 Å². The fourth-order valence-electron chi connectivity index (χ4n) is 2.49. The van der Waals surface area contributed by atoms with Gasteiger partial charge in [-0.05, 0) is 17.7 Å². The number of hydrogen-bond donors (Lipinski definition) is 0. The Morgan fingerprint density at radius 2 is 1.85 bits per heavy atom. The number of esters is 2. The number of carbonyl (C=O) groups is 2. The third kappa shape index (κ3) is 6.01. The van der Waals surface area contributed by atoms with Crippen molar-refractivity contribution >= 4 is 25.7 Å². The highest BCUT2D eigenvalue weighted by Gasteiger charge is 2.33. The summed E-state index contributed by atoms with van der Waals surface area (Å²) in [4.78, 5) is 26.4. The van der Waals surface area contributed by atoms with Crippen molar-refractivity contribution < 1.29 is 37.0 Å². The maximum Gasteiger partial charge on any atom is 0.416 e. The van der Waals surface area contributed by atoms with Crippen LogP contribution in [0.4, 0.5) is 13.2 Å². The second-order valence-corrected chi connectivity index (χ2v) is 5.91. The molecule has 2 radical (unpaired) electrons. The van der Waals surface area contributed by atoms with Gasteiger partial charge < -0.3 is 14.2 Å². The minimum absolute atomic E-state index is 0.0116.